The van der Waals surface area contributed by atoms with Crippen LogP contribution < -0.4 is 9.21 Å². The van der Waals surface area contributed by atoms with E-state index < -0.39 is 16.0 Å². The highest BCUT2D eigenvalue weighted by atomic mass is 79.9. The first-order valence-electron chi connectivity index (χ1n) is 9.35. The summed E-state index contributed by atoms with van der Waals surface area (Å²) in [7, 11) is -3.75. The SMILES string of the molecule is Cc1cccc(S(=O)(=O)N2C[C@@H]3CN(CC(=O)O)CCN3c3ccc(Br)cc32)c1. The van der Waals surface area contributed by atoms with E-state index in [1.165, 1.54) is 4.31 Å². The number of benzene rings is 2. The van der Waals surface area contributed by atoms with Gasteiger partial charge in [-0.3, -0.25) is 14.0 Å². The number of sulfonamides is 1. The topological polar surface area (TPSA) is 81.2 Å². The maximum atomic E-state index is 13.5. The summed E-state index contributed by atoms with van der Waals surface area (Å²) < 4.78 is 29.3. The molecule has 1 N–H and O–H groups in total. The van der Waals surface area contributed by atoms with Gasteiger partial charge in [0.25, 0.3) is 10.0 Å². The molecule has 4 rings (SSSR count). The van der Waals surface area contributed by atoms with E-state index in [9.17, 15) is 13.2 Å². The molecule has 0 saturated carbocycles. The quantitative estimate of drug-likeness (QED) is 0.725. The molecule has 0 aliphatic carbocycles. The molecule has 0 bridgehead atoms. The normalized spacial score (nSPS) is 19.6. The number of carbonyl (C=O) groups is 1. The summed E-state index contributed by atoms with van der Waals surface area (Å²) in [6, 6.07) is 12.5. The van der Waals surface area contributed by atoms with Crippen LogP contribution in [0, 0.1) is 6.92 Å². The Balaban J connectivity index is 1.76. The van der Waals surface area contributed by atoms with Gasteiger partial charge in [-0.05, 0) is 42.8 Å². The molecular weight excluding hydrogens is 458 g/mol. The van der Waals surface area contributed by atoms with Gasteiger partial charge >= 0.3 is 5.97 Å². The Hall–Kier alpha value is -2.10. The smallest absolute Gasteiger partial charge is 0.317 e. The number of carboxylic acid groups (broad SMARTS) is 1. The molecule has 2 aliphatic rings. The molecule has 0 amide bonds. The van der Waals surface area contributed by atoms with Gasteiger partial charge in [-0.15, -0.1) is 0 Å². The van der Waals surface area contributed by atoms with Crippen molar-refractivity contribution in [2.45, 2.75) is 17.9 Å². The van der Waals surface area contributed by atoms with Crippen molar-refractivity contribution in [2.75, 3.05) is 41.9 Å². The number of aryl methyl sites for hydroxylation is 1. The van der Waals surface area contributed by atoms with Gasteiger partial charge < -0.3 is 10.0 Å². The van der Waals surface area contributed by atoms with Crippen LogP contribution in [0.5, 0.6) is 0 Å². The van der Waals surface area contributed by atoms with Gasteiger partial charge in [-0.25, -0.2) is 8.42 Å². The minimum atomic E-state index is -3.75. The lowest BCUT2D eigenvalue weighted by atomic mass is 10.1. The lowest BCUT2D eigenvalue weighted by Crippen LogP contribution is -2.61. The van der Waals surface area contributed by atoms with Gasteiger partial charge in [0.05, 0.1) is 35.4 Å². The summed E-state index contributed by atoms with van der Waals surface area (Å²) in [6.07, 6.45) is 0. The highest BCUT2D eigenvalue weighted by Crippen LogP contribution is 2.41. The number of rotatable bonds is 4. The van der Waals surface area contributed by atoms with Crippen LogP contribution in [-0.4, -0.2) is 63.2 Å². The van der Waals surface area contributed by atoms with Crippen LogP contribution in [-0.2, 0) is 14.8 Å². The largest absolute Gasteiger partial charge is 0.480 e. The molecule has 0 spiro atoms. The van der Waals surface area contributed by atoms with Crippen LogP contribution in [0.3, 0.4) is 0 Å². The molecule has 1 saturated heterocycles. The summed E-state index contributed by atoms with van der Waals surface area (Å²) in [5.41, 5.74) is 2.38. The van der Waals surface area contributed by atoms with E-state index in [1.54, 1.807) is 18.2 Å². The van der Waals surface area contributed by atoms with E-state index in [1.807, 2.05) is 36.1 Å². The average molecular weight is 480 g/mol. The molecule has 0 aromatic heterocycles. The first-order valence-corrected chi connectivity index (χ1v) is 11.6. The van der Waals surface area contributed by atoms with Crippen LogP contribution in [0.25, 0.3) is 0 Å². The molecular formula is C20H22BrN3O4S. The zero-order valence-electron chi connectivity index (χ0n) is 16.0. The Morgan fingerprint density at radius 3 is 2.66 bits per heavy atom. The van der Waals surface area contributed by atoms with Crippen molar-refractivity contribution >= 4 is 43.3 Å². The molecule has 2 aliphatic heterocycles. The summed E-state index contributed by atoms with van der Waals surface area (Å²) in [4.78, 5) is 15.5. The monoisotopic (exact) mass is 479 g/mol. The molecule has 7 nitrogen and oxygen atoms in total. The molecule has 154 valence electrons. The number of aliphatic carboxylic acids is 1. The number of hydrogen-bond acceptors (Lipinski definition) is 5. The molecule has 2 aromatic rings. The van der Waals surface area contributed by atoms with Crippen molar-refractivity contribution in [1.29, 1.82) is 0 Å². The number of nitrogens with zero attached hydrogens (tertiary/aromatic N) is 3. The van der Waals surface area contributed by atoms with Crippen LogP contribution in [0.4, 0.5) is 11.4 Å². The number of carboxylic acids is 1. The Labute approximate surface area is 178 Å². The zero-order chi connectivity index (χ0) is 20.8. The van der Waals surface area contributed by atoms with Crippen molar-refractivity contribution in [3.63, 3.8) is 0 Å². The number of halogens is 1. The van der Waals surface area contributed by atoms with E-state index in [2.05, 4.69) is 20.8 Å². The van der Waals surface area contributed by atoms with Crippen LogP contribution >= 0.6 is 15.9 Å². The van der Waals surface area contributed by atoms with Crippen molar-refractivity contribution in [2.24, 2.45) is 0 Å². The van der Waals surface area contributed by atoms with Crippen LogP contribution in [0.2, 0.25) is 0 Å². The summed E-state index contributed by atoms with van der Waals surface area (Å²) in [5, 5.41) is 9.14. The minimum absolute atomic E-state index is 0.0395. The lowest BCUT2D eigenvalue weighted by Gasteiger charge is -2.48. The maximum absolute atomic E-state index is 13.5. The Bertz CT molecular complexity index is 1060. The van der Waals surface area contributed by atoms with Gasteiger partial charge in [-0.2, -0.15) is 0 Å². The number of fused-ring (bicyclic) bond motifs is 3. The summed E-state index contributed by atoms with van der Waals surface area (Å²) in [6.45, 7) is 3.89. The first-order chi connectivity index (χ1) is 13.8. The van der Waals surface area contributed by atoms with Crippen LogP contribution in [0.1, 0.15) is 5.56 Å². The lowest BCUT2D eigenvalue weighted by molar-refractivity contribution is -0.138. The summed E-state index contributed by atoms with van der Waals surface area (Å²) >= 11 is 3.46. The van der Waals surface area contributed by atoms with E-state index >= 15 is 0 Å². The zero-order valence-corrected chi connectivity index (χ0v) is 18.4. The maximum Gasteiger partial charge on any atom is 0.317 e. The molecule has 2 aromatic carbocycles. The standard InChI is InChI=1S/C20H22BrN3O4S/c1-14-3-2-4-17(9-14)29(27,28)24-12-16-11-22(13-20(25)26)7-8-23(16)18-6-5-15(21)10-19(18)24/h2-6,9-10,16H,7-8,11-13H2,1H3,(H,25,26)/t16-/m0/s1. The minimum Gasteiger partial charge on any atom is -0.480 e. The predicted molar refractivity (Wildman–Crippen MR) is 115 cm³/mol. The Morgan fingerprint density at radius 1 is 1.14 bits per heavy atom. The van der Waals surface area contributed by atoms with Gasteiger partial charge in [0.15, 0.2) is 0 Å². The molecule has 0 radical (unpaired) electrons. The second-order valence-electron chi connectivity index (χ2n) is 7.46. The van der Waals surface area contributed by atoms with E-state index in [0.717, 1.165) is 15.7 Å². The highest BCUT2D eigenvalue weighted by molar-refractivity contribution is 9.10. The second-order valence-corrected chi connectivity index (χ2v) is 10.2. The molecule has 1 fully saturated rings. The number of hydrogen-bond donors (Lipinski definition) is 1. The van der Waals surface area contributed by atoms with Gasteiger partial charge in [0.1, 0.15) is 0 Å². The molecule has 29 heavy (non-hydrogen) atoms. The predicted octanol–water partition coefficient (Wildman–Crippen LogP) is 2.54. The van der Waals surface area contributed by atoms with E-state index in [0.29, 0.717) is 25.3 Å². The van der Waals surface area contributed by atoms with E-state index in [-0.39, 0.29) is 24.0 Å². The third-order valence-electron chi connectivity index (χ3n) is 5.40. The molecule has 9 heteroatoms. The Morgan fingerprint density at radius 2 is 1.93 bits per heavy atom. The summed E-state index contributed by atoms with van der Waals surface area (Å²) in [5.74, 6) is -0.872. The fraction of sp³-hybridized carbons (Fsp3) is 0.350. The van der Waals surface area contributed by atoms with Crippen molar-refractivity contribution in [3.8, 4) is 0 Å². The number of piperazine rings is 1. The fourth-order valence-corrected chi connectivity index (χ4v) is 6.05. The average Bonchev–Trinajstić information content (AvgIpc) is 2.66. The highest BCUT2D eigenvalue weighted by Gasteiger charge is 2.40. The Kier molecular flexibility index (Phi) is 5.30. The number of anilines is 2. The fourth-order valence-electron chi connectivity index (χ4n) is 4.09. The van der Waals surface area contributed by atoms with Crippen molar-refractivity contribution in [1.82, 2.24) is 4.90 Å². The second kappa shape index (κ2) is 7.62. The van der Waals surface area contributed by atoms with Gasteiger partial charge in [0.2, 0.25) is 0 Å². The third kappa shape index (κ3) is 3.86. The third-order valence-corrected chi connectivity index (χ3v) is 7.66. The van der Waals surface area contributed by atoms with Crippen LogP contribution in [0.15, 0.2) is 51.8 Å². The van der Waals surface area contributed by atoms with Gasteiger partial charge in [-0.1, -0.05) is 28.1 Å². The van der Waals surface area contributed by atoms with E-state index in [4.69, 9.17) is 5.11 Å². The molecule has 2 heterocycles. The first kappa shape index (κ1) is 20.2. The van der Waals surface area contributed by atoms with Gasteiger partial charge in [0, 0.05) is 24.1 Å². The molecule has 1 atom stereocenters. The molecule has 0 unspecified atom stereocenters. The van der Waals surface area contributed by atoms with Crippen molar-refractivity contribution < 1.29 is 18.3 Å². The van der Waals surface area contributed by atoms with Crippen molar-refractivity contribution in [3.05, 3.63) is 52.5 Å².